The van der Waals surface area contributed by atoms with E-state index in [4.69, 9.17) is 0 Å². The molecule has 0 radical (unpaired) electrons. The summed E-state index contributed by atoms with van der Waals surface area (Å²) in [5.41, 5.74) is -3.55. The van der Waals surface area contributed by atoms with E-state index in [2.05, 4.69) is 13.8 Å². The third-order valence-electron chi connectivity index (χ3n) is 5.71. The van der Waals surface area contributed by atoms with Crippen LogP contribution in [-0.2, 0) is 0 Å². The van der Waals surface area contributed by atoms with Gasteiger partial charge in [-0.05, 0) is 55.3 Å². The highest BCUT2D eigenvalue weighted by Crippen LogP contribution is 2.64. The first-order valence-corrected chi connectivity index (χ1v) is 6.73. The summed E-state index contributed by atoms with van der Waals surface area (Å²) in [6.07, 6.45) is -3.42. The largest absolute Gasteiger partial charge is 0.422 e. The van der Waals surface area contributed by atoms with E-state index < -0.39 is 17.3 Å². The maximum atomic E-state index is 13.9. The molecule has 0 nitrogen and oxygen atoms in total. The molecule has 106 valence electrons. The summed E-state index contributed by atoms with van der Waals surface area (Å²) in [6, 6.07) is 0. The van der Waals surface area contributed by atoms with Gasteiger partial charge in [0.25, 0.3) is 0 Å². The molecular formula is C14H22F4. The van der Waals surface area contributed by atoms with Gasteiger partial charge in [0.05, 0.1) is 0 Å². The van der Waals surface area contributed by atoms with Crippen molar-refractivity contribution in [2.24, 2.45) is 29.1 Å². The van der Waals surface area contributed by atoms with Crippen molar-refractivity contribution in [1.82, 2.24) is 0 Å². The summed E-state index contributed by atoms with van der Waals surface area (Å²) < 4.78 is 52.0. The SMILES string of the molecule is CC1C2CC(C1C)C(C)(CC(C)(F)C(F)(F)F)C2. The normalized spacial score (nSPS) is 47.3. The van der Waals surface area contributed by atoms with Crippen LogP contribution >= 0.6 is 0 Å². The number of hydrogen-bond donors (Lipinski definition) is 0. The Balaban J connectivity index is 2.16. The van der Waals surface area contributed by atoms with Gasteiger partial charge in [0, 0.05) is 0 Å². The Morgan fingerprint density at radius 2 is 1.67 bits per heavy atom. The van der Waals surface area contributed by atoms with Crippen LogP contribution in [0.15, 0.2) is 0 Å². The number of halogens is 4. The fourth-order valence-electron chi connectivity index (χ4n) is 4.55. The van der Waals surface area contributed by atoms with Gasteiger partial charge in [-0.3, -0.25) is 0 Å². The first-order chi connectivity index (χ1) is 7.98. The first kappa shape index (κ1) is 14.1. The summed E-state index contributed by atoms with van der Waals surface area (Å²) in [4.78, 5) is 0. The zero-order chi connectivity index (χ0) is 13.9. The second-order valence-corrected chi connectivity index (χ2v) is 7.05. The fourth-order valence-corrected chi connectivity index (χ4v) is 4.55. The van der Waals surface area contributed by atoms with E-state index in [-0.39, 0.29) is 12.3 Å². The Kier molecular flexibility index (Phi) is 3.03. The molecule has 0 spiro atoms. The highest BCUT2D eigenvalue weighted by Gasteiger charge is 2.61. The van der Waals surface area contributed by atoms with E-state index in [0.717, 1.165) is 12.8 Å². The standard InChI is InChI=1S/C14H22F4/c1-8-9(2)11-5-10(8)6-12(11,3)7-13(4,15)14(16,17)18/h8-11H,5-7H2,1-4H3. The third-order valence-corrected chi connectivity index (χ3v) is 5.71. The molecule has 0 N–H and O–H groups in total. The molecule has 2 bridgehead atoms. The molecule has 4 heteroatoms. The summed E-state index contributed by atoms with van der Waals surface area (Å²) in [5, 5.41) is 0. The van der Waals surface area contributed by atoms with E-state index in [1.165, 1.54) is 0 Å². The highest BCUT2D eigenvalue weighted by molar-refractivity contribution is 5.06. The van der Waals surface area contributed by atoms with E-state index in [9.17, 15) is 17.6 Å². The molecule has 0 amide bonds. The van der Waals surface area contributed by atoms with Crippen LogP contribution in [0.2, 0.25) is 0 Å². The van der Waals surface area contributed by atoms with E-state index in [1.807, 2.05) is 6.92 Å². The lowest BCUT2D eigenvalue weighted by atomic mass is 9.63. The molecule has 18 heavy (non-hydrogen) atoms. The zero-order valence-corrected chi connectivity index (χ0v) is 11.4. The minimum absolute atomic E-state index is 0.245. The second-order valence-electron chi connectivity index (χ2n) is 7.05. The van der Waals surface area contributed by atoms with Crippen molar-refractivity contribution in [2.45, 2.75) is 58.8 Å². The predicted molar refractivity (Wildman–Crippen MR) is 62.8 cm³/mol. The quantitative estimate of drug-likeness (QED) is 0.618. The van der Waals surface area contributed by atoms with Crippen LogP contribution in [-0.4, -0.2) is 11.8 Å². The Bertz CT molecular complexity index is 331. The number of hydrogen-bond acceptors (Lipinski definition) is 0. The van der Waals surface area contributed by atoms with Crippen LogP contribution in [0.4, 0.5) is 17.6 Å². The van der Waals surface area contributed by atoms with Crippen LogP contribution in [0.1, 0.15) is 47.0 Å². The van der Waals surface area contributed by atoms with E-state index >= 15 is 0 Å². The van der Waals surface area contributed by atoms with Gasteiger partial charge in [-0.15, -0.1) is 0 Å². The third kappa shape index (κ3) is 1.96. The molecule has 0 aromatic heterocycles. The molecule has 0 saturated heterocycles. The maximum Gasteiger partial charge on any atom is 0.422 e. The lowest BCUT2D eigenvalue weighted by Gasteiger charge is -2.43. The van der Waals surface area contributed by atoms with Gasteiger partial charge in [0.15, 0.2) is 0 Å². The molecule has 2 rings (SSSR count). The van der Waals surface area contributed by atoms with Crippen LogP contribution in [0.5, 0.6) is 0 Å². The van der Waals surface area contributed by atoms with Gasteiger partial charge in [0.2, 0.25) is 5.67 Å². The molecular weight excluding hydrogens is 244 g/mol. The molecule has 0 aliphatic heterocycles. The molecule has 0 aromatic rings. The average Bonchev–Trinajstić information content (AvgIpc) is 2.62. The molecule has 2 fully saturated rings. The molecule has 2 aliphatic carbocycles. The van der Waals surface area contributed by atoms with Crippen molar-refractivity contribution < 1.29 is 17.6 Å². The Labute approximate surface area is 106 Å². The van der Waals surface area contributed by atoms with Crippen molar-refractivity contribution in [3.8, 4) is 0 Å². The van der Waals surface area contributed by atoms with Gasteiger partial charge in [-0.25, -0.2) is 4.39 Å². The van der Waals surface area contributed by atoms with Crippen molar-refractivity contribution in [2.75, 3.05) is 0 Å². The Hall–Kier alpha value is -0.280. The van der Waals surface area contributed by atoms with E-state index in [0.29, 0.717) is 24.7 Å². The summed E-state index contributed by atoms with van der Waals surface area (Å²) >= 11 is 0. The van der Waals surface area contributed by atoms with Crippen LogP contribution < -0.4 is 0 Å². The summed E-state index contributed by atoms with van der Waals surface area (Å²) in [5.74, 6) is 1.71. The zero-order valence-electron chi connectivity index (χ0n) is 11.4. The van der Waals surface area contributed by atoms with Crippen molar-refractivity contribution in [3.63, 3.8) is 0 Å². The summed E-state index contributed by atoms with van der Waals surface area (Å²) in [7, 11) is 0. The number of alkyl halides is 4. The fraction of sp³-hybridized carbons (Fsp3) is 1.00. The van der Waals surface area contributed by atoms with Crippen LogP contribution in [0.25, 0.3) is 0 Å². The molecule has 0 heterocycles. The van der Waals surface area contributed by atoms with Gasteiger partial charge in [-0.2, -0.15) is 13.2 Å². The Morgan fingerprint density at radius 3 is 2.06 bits per heavy atom. The van der Waals surface area contributed by atoms with Gasteiger partial charge >= 0.3 is 6.18 Å². The topological polar surface area (TPSA) is 0 Å². The average molecular weight is 266 g/mol. The van der Waals surface area contributed by atoms with Gasteiger partial charge in [0.1, 0.15) is 0 Å². The monoisotopic (exact) mass is 266 g/mol. The first-order valence-electron chi connectivity index (χ1n) is 6.73. The van der Waals surface area contributed by atoms with Crippen LogP contribution in [0.3, 0.4) is 0 Å². The summed E-state index contributed by atoms with van der Waals surface area (Å²) in [6.45, 7) is 6.82. The maximum absolute atomic E-state index is 13.9. The van der Waals surface area contributed by atoms with Crippen LogP contribution in [0, 0.1) is 29.1 Å². The molecule has 0 aromatic carbocycles. The van der Waals surface area contributed by atoms with Gasteiger partial charge in [-0.1, -0.05) is 20.8 Å². The number of fused-ring (bicyclic) bond motifs is 2. The van der Waals surface area contributed by atoms with Gasteiger partial charge < -0.3 is 0 Å². The molecule has 6 unspecified atom stereocenters. The van der Waals surface area contributed by atoms with Crippen molar-refractivity contribution in [3.05, 3.63) is 0 Å². The van der Waals surface area contributed by atoms with Crippen molar-refractivity contribution in [1.29, 1.82) is 0 Å². The van der Waals surface area contributed by atoms with E-state index in [1.54, 1.807) is 0 Å². The molecule has 2 aliphatic rings. The van der Waals surface area contributed by atoms with Crippen molar-refractivity contribution >= 4 is 0 Å². The predicted octanol–water partition coefficient (Wildman–Crippen LogP) is 4.99. The number of rotatable bonds is 2. The minimum atomic E-state index is -4.76. The molecule has 6 atom stereocenters. The lowest BCUT2D eigenvalue weighted by Crippen LogP contribution is -2.45. The Morgan fingerprint density at radius 1 is 1.11 bits per heavy atom. The highest BCUT2D eigenvalue weighted by atomic mass is 19.4. The lowest BCUT2D eigenvalue weighted by molar-refractivity contribution is -0.236. The second kappa shape index (κ2) is 3.86. The smallest absolute Gasteiger partial charge is 0.234 e. The minimum Gasteiger partial charge on any atom is -0.234 e. The molecule has 2 saturated carbocycles.